The number of phenolic OH excluding ortho intramolecular Hbond substituents is 1. The van der Waals surface area contributed by atoms with Gasteiger partial charge in [0.25, 0.3) is 0 Å². The minimum Gasteiger partial charge on any atom is -0.503 e. The van der Waals surface area contributed by atoms with Crippen LogP contribution in [0.25, 0.3) is 0 Å². The average molecular weight is 450 g/mol. The Kier molecular flexibility index (Phi) is 7.82. The molecule has 0 saturated carbocycles. The van der Waals surface area contributed by atoms with E-state index < -0.39 is 5.91 Å². The van der Waals surface area contributed by atoms with Crippen molar-refractivity contribution in [3.8, 4) is 17.2 Å². The minimum absolute atomic E-state index is 0.0120. The van der Waals surface area contributed by atoms with Crippen molar-refractivity contribution in [3.63, 3.8) is 0 Å². The van der Waals surface area contributed by atoms with Gasteiger partial charge in [-0.15, -0.1) is 0 Å². The molecule has 148 valence electrons. The topological polar surface area (TPSA) is 109 Å². The quantitative estimate of drug-likeness (QED) is 0.423. The van der Waals surface area contributed by atoms with Crippen LogP contribution in [0.5, 0.6) is 17.2 Å². The summed E-state index contributed by atoms with van der Waals surface area (Å²) in [5.74, 6) is 0.264. The van der Waals surface area contributed by atoms with E-state index in [1.807, 2.05) is 0 Å². The zero-order valence-corrected chi connectivity index (χ0v) is 16.9. The molecule has 0 aliphatic heterocycles. The molecule has 2 amide bonds. The van der Waals surface area contributed by atoms with Crippen LogP contribution in [0.4, 0.5) is 5.69 Å². The molecule has 9 heteroatoms. The number of nitrogens with zero attached hydrogens (tertiary/aromatic N) is 1. The van der Waals surface area contributed by atoms with Crippen LogP contribution >= 0.6 is 15.9 Å². The van der Waals surface area contributed by atoms with E-state index in [0.29, 0.717) is 21.5 Å². The standard InChI is InChI=1S/C19H20BrN3O5/c1-27-14-5-3-13(4-6-14)22-17(24)7-8-18(25)23-21-11-12-9-15(20)19(26)16(10-12)28-2/h3-6,9-11,26H,7-8H2,1-2H3,(H,22,24)(H,23,25). The van der Waals surface area contributed by atoms with Crippen LogP contribution < -0.4 is 20.2 Å². The summed E-state index contributed by atoms with van der Waals surface area (Å²) >= 11 is 3.20. The second kappa shape index (κ2) is 10.3. The van der Waals surface area contributed by atoms with Crippen molar-refractivity contribution < 1.29 is 24.2 Å². The summed E-state index contributed by atoms with van der Waals surface area (Å²) in [4.78, 5) is 23.7. The Morgan fingerprint density at radius 3 is 2.43 bits per heavy atom. The minimum atomic E-state index is -0.397. The van der Waals surface area contributed by atoms with Gasteiger partial charge in [0, 0.05) is 18.5 Å². The monoisotopic (exact) mass is 449 g/mol. The number of anilines is 1. The highest BCUT2D eigenvalue weighted by Crippen LogP contribution is 2.34. The van der Waals surface area contributed by atoms with Gasteiger partial charge in [-0.2, -0.15) is 5.10 Å². The molecule has 0 fully saturated rings. The number of phenols is 1. The summed E-state index contributed by atoms with van der Waals surface area (Å²) in [6, 6.07) is 10.1. The van der Waals surface area contributed by atoms with Crippen LogP contribution in [0.3, 0.4) is 0 Å². The number of methoxy groups -OCH3 is 2. The lowest BCUT2D eigenvalue weighted by Crippen LogP contribution is -2.20. The van der Waals surface area contributed by atoms with Crippen molar-refractivity contribution in [2.24, 2.45) is 5.10 Å². The lowest BCUT2D eigenvalue weighted by atomic mass is 10.2. The first-order chi connectivity index (χ1) is 13.4. The number of hydrogen-bond acceptors (Lipinski definition) is 6. The summed E-state index contributed by atoms with van der Waals surface area (Å²) in [5, 5.41) is 16.3. The molecule has 0 bridgehead atoms. The highest BCUT2D eigenvalue weighted by molar-refractivity contribution is 9.10. The maximum atomic E-state index is 11.9. The summed E-state index contributed by atoms with van der Waals surface area (Å²) < 4.78 is 10.5. The molecule has 0 atom stereocenters. The van der Waals surface area contributed by atoms with Crippen LogP contribution in [-0.2, 0) is 9.59 Å². The molecule has 0 aliphatic rings. The van der Waals surface area contributed by atoms with E-state index in [2.05, 4.69) is 31.8 Å². The number of halogens is 1. The fourth-order valence-corrected chi connectivity index (χ4v) is 2.64. The molecule has 0 spiro atoms. The van der Waals surface area contributed by atoms with Crippen molar-refractivity contribution in [3.05, 3.63) is 46.4 Å². The first-order valence-corrected chi connectivity index (χ1v) is 9.04. The first-order valence-electron chi connectivity index (χ1n) is 8.25. The molecule has 0 radical (unpaired) electrons. The Hall–Kier alpha value is -3.07. The van der Waals surface area contributed by atoms with Crippen molar-refractivity contribution >= 4 is 39.6 Å². The van der Waals surface area contributed by atoms with Crippen molar-refractivity contribution in [1.29, 1.82) is 0 Å². The van der Waals surface area contributed by atoms with Crippen LogP contribution in [-0.4, -0.2) is 37.4 Å². The lowest BCUT2D eigenvalue weighted by molar-refractivity contribution is -0.124. The molecule has 2 rings (SSSR count). The normalized spacial score (nSPS) is 10.5. The molecule has 0 heterocycles. The van der Waals surface area contributed by atoms with Crippen molar-refractivity contribution in [2.45, 2.75) is 12.8 Å². The zero-order valence-electron chi connectivity index (χ0n) is 15.4. The van der Waals surface area contributed by atoms with Gasteiger partial charge in [-0.1, -0.05) is 0 Å². The van der Waals surface area contributed by atoms with E-state index in [4.69, 9.17) is 9.47 Å². The Bertz CT molecular complexity index is 869. The van der Waals surface area contributed by atoms with Gasteiger partial charge in [-0.05, 0) is 57.9 Å². The van der Waals surface area contributed by atoms with E-state index in [0.717, 1.165) is 0 Å². The smallest absolute Gasteiger partial charge is 0.240 e. The molecular weight excluding hydrogens is 430 g/mol. The Morgan fingerprint density at radius 2 is 1.79 bits per heavy atom. The Morgan fingerprint density at radius 1 is 1.11 bits per heavy atom. The number of hydrazone groups is 1. The number of benzene rings is 2. The highest BCUT2D eigenvalue weighted by atomic mass is 79.9. The van der Waals surface area contributed by atoms with E-state index >= 15 is 0 Å². The van der Waals surface area contributed by atoms with E-state index in [9.17, 15) is 14.7 Å². The number of ether oxygens (including phenoxy) is 2. The Balaban J connectivity index is 1.79. The third kappa shape index (κ3) is 6.27. The maximum Gasteiger partial charge on any atom is 0.240 e. The fourth-order valence-electron chi connectivity index (χ4n) is 2.18. The first kappa shape index (κ1) is 21.2. The zero-order chi connectivity index (χ0) is 20.5. The number of aromatic hydroxyl groups is 1. The van der Waals surface area contributed by atoms with Crippen LogP contribution in [0.1, 0.15) is 18.4 Å². The predicted molar refractivity (Wildman–Crippen MR) is 109 cm³/mol. The van der Waals surface area contributed by atoms with Crippen LogP contribution in [0.2, 0.25) is 0 Å². The predicted octanol–water partition coefficient (Wildman–Crippen LogP) is 3.04. The van der Waals surface area contributed by atoms with Gasteiger partial charge in [-0.3, -0.25) is 9.59 Å². The second-order valence-electron chi connectivity index (χ2n) is 5.62. The summed E-state index contributed by atoms with van der Waals surface area (Å²) in [6.07, 6.45) is 1.41. The molecule has 8 nitrogen and oxygen atoms in total. The molecule has 3 N–H and O–H groups in total. The Labute approximate surface area is 170 Å². The van der Waals surface area contributed by atoms with Crippen LogP contribution in [0, 0.1) is 0 Å². The van der Waals surface area contributed by atoms with E-state index in [1.54, 1.807) is 43.5 Å². The molecule has 2 aromatic carbocycles. The fraction of sp³-hybridized carbons (Fsp3) is 0.211. The third-order valence-electron chi connectivity index (χ3n) is 3.63. The van der Waals surface area contributed by atoms with Gasteiger partial charge in [0.1, 0.15) is 5.75 Å². The SMILES string of the molecule is COc1ccc(NC(=O)CCC(=O)NN=Cc2cc(Br)c(O)c(OC)c2)cc1. The number of amides is 2. The molecule has 28 heavy (non-hydrogen) atoms. The molecule has 0 unspecified atom stereocenters. The number of carbonyl (C=O) groups is 2. The number of rotatable bonds is 8. The average Bonchev–Trinajstić information content (AvgIpc) is 2.69. The van der Waals surface area contributed by atoms with E-state index in [-0.39, 0.29) is 30.2 Å². The molecule has 0 saturated heterocycles. The second-order valence-corrected chi connectivity index (χ2v) is 6.48. The van der Waals surface area contributed by atoms with Crippen LogP contribution in [0.15, 0.2) is 46.0 Å². The van der Waals surface area contributed by atoms with Gasteiger partial charge in [-0.25, -0.2) is 5.43 Å². The largest absolute Gasteiger partial charge is 0.503 e. The number of carbonyl (C=O) groups excluding carboxylic acids is 2. The molecule has 2 aromatic rings. The van der Waals surface area contributed by atoms with Gasteiger partial charge < -0.3 is 19.9 Å². The van der Waals surface area contributed by atoms with Gasteiger partial charge in [0.15, 0.2) is 11.5 Å². The van der Waals surface area contributed by atoms with Gasteiger partial charge in [0.2, 0.25) is 11.8 Å². The number of hydrogen-bond donors (Lipinski definition) is 3. The summed E-state index contributed by atoms with van der Waals surface area (Å²) in [7, 11) is 2.99. The summed E-state index contributed by atoms with van der Waals surface area (Å²) in [6.45, 7) is 0. The molecule has 0 aliphatic carbocycles. The maximum absolute atomic E-state index is 11.9. The summed E-state index contributed by atoms with van der Waals surface area (Å²) in [5.41, 5.74) is 3.58. The molecule has 0 aromatic heterocycles. The van der Waals surface area contributed by atoms with Gasteiger partial charge >= 0.3 is 0 Å². The molecular formula is C19H20BrN3O5. The van der Waals surface area contributed by atoms with Crippen molar-refractivity contribution in [1.82, 2.24) is 5.43 Å². The highest BCUT2D eigenvalue weighted by Gasteiger charge is 2.09. The van der Waals surface area contributed by atoms with E-state index in [1.165, 1.54) is 13.3 Å². The lowest BCUT2D eigenvalue weighted by Gasteiger charge is -2.06. The van der Waals surface area contributed by atoms with Gasteiger partial charge in [0.05, 0.1) is 24.9 Å². The van der Waals surface area contributed by atoms with Crippen molar-refractivity contribution in [2.75, 3.05) is 19.5 Å². The third-order valence-corrected chi connectivity index (χ3v) is 4.23. The number of nitrogens with one attached hydrogen (secondary N) is 2.